The lowest BCUT2D eigenvalue weighted by atomic mass is 10.0. The summed E-state index contributed by atoms with van der Waals surface area (Å²) in [7, 11) is 0. The molecule has 4 nitrogen and oxygen atoms in total. The minimum absolute atomic E-state index is 0.0979. The summed E-state index contributed by atoms with van der Waals surface area (Å²) in [4.78, 5) is 11.9. The van der Waals surface area contributed by atoms with Crippen LogP contribution in [-0.4, -0.2) is 43.2 Å². The van der Waals surface area contributed by atoms with E-state index in [1.54, 1.807) is 0 Å². The second-order valence-electron chi connectivity index (χ2n) is 5.82. The summed E-state index contributed by atoms with van der Waals surface area (Å²) < 4.78 is 5.80. The molecule has 0 bridgehead atoms. The van der Waals surface area contributed by atoms with Crippen molar-refractivity contribution in [1.82, 2.24) is 10.6 Å². The van der Waals surface area contributed by atoms with E-state index in [0.29, 0.717) is 31.5 Å². The fourth-order valence-electron chi connectivity index (χ4n) is 2.49. The van der Waals surface area contributed by atoms with Gasteiger partial charge in [0.25, 0.3) is 0 Å². The normalized spacial score (nSPS) is 18.2. The van der Waals surface area contributed by atoms with Crippen LogP contribution in [0.2, 0.25) is 0 Å². The monoisotopic (exact) mass is 322 g/mol. The van der Waals surface area contributed by atoms with Gasteiger partial charge in [-0.15, -0.1) is 0 Å². The molecule has 1 unspecified atom stereocenters. The summed E-state index contributed by atoms with van der Waals surface area (Å²) in [5.74, 6) is 3.60. The highest BCUT2D eigenvalue weighted by Crippen LogP contribution is 2.25. The van der Waals surface area contributed by atoms with Gasteiger partial charge in [-0.2, -0.15) is 11.8 Å². The third kappa shape index (κ3) is 5.54. The third-order valence-electron chi connectivity index (χ3n) is 3.65. The standard InChI is InChI=1S/C17H26N2O2S/c1-13(2)15-5-3-4-6-16(15)21-9-7-19-17(20)11-14-12-22-10-8-18-14/h3-6,13-14,18H,7-12H2,1-2H3,(H,19,20). The van der Waals surface area contributed by atoms with Crippen molar-refractivity contribution in [1.29, 1.82) is 0 Å². The van der Waals surface area contributed by atoms with Crippen molar-refractivity contribution < 1.29 is 9.53 Å². The second kappa shape index (κ2) is 9.06. The van der Waals surface area contributed by atoms with E-state index in [4.69, 9.17) is 4.74 Å². The van der Waals surface area contributed by atoms with Crippen LogP contribution < -0.4 is 15.4 Å². The van der Waals surface area contributed by atoms with Gasteiger partial charge in [-0.25, -0.2) is 0 Å². The zero-order valence-electron chi connectivity index (χ0n) is 13.4. The van der Waals surface area contributed by atoms with Crippen LogP contribution in [0.15, 0.2) is 24.3 Å². The van der Waals surface area contributed by atoms with Gasteiger partial charge in [0, 0.05) is 30.5 Å². The maximum absolute atomic E-state index is 11.9. The molecule has 5 heteroatoms. The smallest absolute Gasteiger partial charge is 0.221 e. The number of hydrogen-bond donors (Lipinski definition) is 2. The molecule has 0 radical (unpaired) electrons. The average molecular weight is 322 g/mol. The maximum Gasteiger partial charge on any atom is 0.221 e. The van der Waals surface area contributed by atoms with Crippen LogP contribution in [0.3, 0.4) is 0 Å². The number of carbonyl (C=O) groups is 1. The molecule has 1 aromatic rings. The van der Waals surface area contributed by atoms with Crippen LogP contribution in [0.5, 0.6) is 5.75 Å². The fourth-order valence-corrected chi connectivity index (χ4v) is 3.44. The summed E-state index contributed by atoms with van der Waals surface area (Å²) in [6.07, 6.45) is 0.551. The third-order valence-corrected chi connectivity index (χ3v) is 4.78. The number of thioether (sulfide) groups is 1. The topological polar surface area (TPSA) is 50.4 Å². The van der Waals surface area contributed by atoms with Gasteiger partial charge in [0.05, 0.1) is 6.54 Å². The second-order valence-corrected chi connectivity index (χ2v) is 6.97. The van der Waals surface area contributed by atoms with E-state index in [2.05, 4.69) is 30.5 Å². The highest BCUT2D eigenvalue weighted by Gasteiger charge is 2.16. The van der Waals surface area contributed by atoms with Gasteiger partial charge in [-0.3, -0.25) is 4.79 Å². The van der Waals surface area contributed by atoms with Crippen molar-refractivity contribution in [2.24, 2.45) is 0 Å². The molecule has 122 valence electrons. The lowest BCUT2D eigenvalue weighted by Crippen LogP contribution is -2.41. The Balaban J connectivity index is 1.67. The van der Waals surface area contributed by atoms with Crippen molar-refractivity contribution in [3.05, 3.63) is 29.8 Å². The minimum Gasteiger partial charge on any atom is -0.491 e. The lowest BCUT2D eigenvalue weighted by Gasteiger charge is -2.22. The van der Waals surface area contributed by atoms with E-state index in [1.807, 2.05) is 30.0 Å². The van der Waals surface area contributed by atoms with Crippen molar-refractivity contribution >= 4 is 17.7 Å². The fraction of sp³-hybridized carbons (Fsp3) is 0.588. The first kappa shape index (κ1) is 17.2. The molecule has 0 aromatic heterocycles. The first-order valence-corrected chi connectivity index (χ1v) is 9.12. The van der Waals surface area contributed by atoms with Crippen LogP contribution in [-0.2, 0) is 4.79 Å². The summed E-state index contributed by atoms with van der Waals surface area (Å²) in [6, 6.07) is 8.39. The zero-order valence-corrected chi connectivity index (χ0v) is 14.2. The molecule has 0 aliphatic carbocycles. The summed E-state index contributed by atoms with van der Waals surface area (Å²) >= 11 is 1.91. The van der Waals surface area contributed by atoms with E-state index in [1.165, 1.54) is 5.56 Å². The van der Waals surface area contributed by atoms with Crippen LogP contribution >= 0.6 is 11.8 Å². The van der Waals surface area contributed by atoms with Gasteiger partial charge in [0.2, 0.25) is 5.91 Å². The Morgan fingerprint density at radius 3 is 3.00 bits per heavy atom. The molecule has 1 aliphatic rings. The predicted octanol–water partition coefficient (Wildman–Crippen LogP) is 2.40. The Labute approximate surface area is 137 Å². The van der Waals surface area contributed by atoms with Crippen molar-refractivity contribution in [3.8, 4) is 5.75 Å². The summed E-state index contributed by atoms with van der Waals surface area (Å²) in [6.45, 7) is 6.35. The van der Waals surface area contributed by atoms with Gasteiger partial charge < -0.3 is 15.4 Å². The van der Waals surface area contributed by atoms with E-state index >= 15 is 0 Å². The Kier molecular flexibility index (Phi) is 7.06. The molecule has 1 fully saturated rings. The van der Waals surface area contributed by atoms with Gasteiger partial charge in [0.1, 0.15) is 12.4 Å². The largest absolute Gasteiger partial charge is 0.491 e. The Bertz CT molecular complexity index is 473. The first-order chi connectivity index (χ1) is 10.7. The predicted molar refractivity (Wildman–Crippen MR) is 92.8 cm³/mol. The van der Waals surface area contributed by atoms with E-state index in [9.17, 15) is 4.79 Å². The number of carbonyl (C=O) groups excluding carboxylic acids is 1. The Hall–Kier alpha value is -1.20. The number of rotatable bonds is 7. The number of ether oxygens (including phenoxy) is 1. The van der Waals surface area contributed by atoms with Crippen molar-refractivity contribution in [3.63, 3.8) is 0 Å². The van der Waals surface area contributed by atoms with E-state index in [0.717, 1.165) is 23.8 Å². The van der Waals surface area contributed by atoms with E-state index in [-0.39, 0.29) is 5.91 Å². The number of nitrogens with one attached hydrogen (secondary N) is 2. The summed E-state index contributed by atoms with van der Waals surface area (Å²) in [5.41, 5.74) is 1.21. The van der Waals surface area contributed by atoms with E-state index < -0.39 is 0 Å². The molecule has 1 saturated heterocycles. The molecule has 1 amide bonds. The molecular weight excluding hydrogens is 296 g/mol. The van der Waals surface area contributed by atoms with Crippen molar-refractivity contribution in [2.45, 2.75) is 32.2 Å². The minimum atomic E-state index is 0.0979. The van der Waals surface area contributed by atoms with Crippen molar-refractivity contribution in [2.75, 3.05) is 31.2 Å². The highest BCUT2D eigenvalue weighted by molar-refractivity contribution is 7.99. The van der Waals surface area contributed by atoms with Gasteiger partial charge in [-0.05, 0) is 17.5 Å². The van der Waals surface area contributed by atoms with Gasteiger partial charge in [-0.1, -0.05) is 32.0 Å². The molecule has 1 aliphatic heterocycles. The zero-order chi connectivity index (χ0) is 15.8. The molecule has 1 atom stereocenters. The molecule has 2 rings (SSSR count). The number of hydrogen-bond acceptors (Lipinski definition) is 4. The SMILES string of the molecule is CC(C)c1ccccc1OCCNC(=O)CC1CSCCN1. The Morgan fingerprint density at radius 2 is 2.27 bits per heavy atom. The molecule has 0 spiro atoms. The molecule has 0 saturated carbocycles. The molecular formula is C17H26N2O2S. The van der Waals surface area contributed by atoms with Crippen LogP contribution in [0.25, 0.3) is 0 Å². The average Bonchev–Trinajstić information content (AvgIpc) is 2.53. The Morgan fingerprint density at radius 1 is 1.45 bits per heavy atom. The maximum atomic E-state index is 11.9. The van der Waals surface area contributed by atoms with Crippen LogP contribution in [0.4, 0.5) is 0 Å². The number of para-hydroxylation sites is 1. The molecule has 1 heterocycles. The molecule has 2 N–H and O–H groups in total. The van der Waals surface area contributed by atoms with Crippen LogP contribution in [0, 0.1) is 0 Å². The summed E-state index contributed by atoms with van der Waals surface area (Å²) in [5, 5.41) is 6.31. The lowest BCUT2D eigenvalue weighted by molar-refractivity contribution is -0.121. The molecule has 1 aromatic carbocycles. The van der Waals surface area contributed by atoms with Gasteiger partial charge >= 0.3 is 0 Å². The highest BCUT2D eigenvalue weighted by atomic mass is 32.2. The quantitative estimate of drug-likeness (QED) is 0.757. The first-order valence-electron chi connectivity index (χ1n) is 7.96. The van der Waals surface area contributed by atoms with Crippen LogP contribution in [0.1, 0.15) is 31.7 Å². The number of amides is 1. The van der Waals surface area contributed by atoms with Gasteiger partial charge in [0.15, 0.2) is 0 Å². The number of benzene rings is 1. The molecule has 22 heavy (non-hydrogen) atoms.